The fraction of sp³-hybridized carbons (Fsp3) is 0.211. The van der Waals surface area contributed by atoms with Gasteiger partial charge in [0, 0.05) is 17.3 Å². The molecule has 0 fully saturated rings. The van der Waals surface area contributed by atoms with E-state index in [1.165, 1.54) is 12.1 Å². The van der Waals surface area contributed by atoms with E-state index in [0.29, 0.717) is 5.69 Å². The second-order valence-electron chi connectivity index (χ2n) is 5.85. The molecule has 1 heterocycles. The van der Waals surface area contributed by atoms with Gasteiger partial charge in [0.15, 0.2) is 0 Å². The average Bonchev–Trinajstić information content (AvgIpc) is 3.02. The summed E-state index contributed by atoms with van der Waals surface area (Å²) in [5.41, 5.74) is 0.786. The van der Waals surface area contributed by atoms with E-state index in [4.69, 9.17) is 4.74 Å². The van der Waals surface area contributed by atoms with E-state index < -0.39 is 21.2 Å². The Labute approximate surface area is 146 Å². The van der Waals surface area contributed by atoms with Gasteiger partial charge in [0.05, 0.1) is 10.6 Å². The summed E-state index contributed by atoms with van der Waals surface area (Å²) in [6, 6.07) is 15.5. The third kappa shape index (κ3) is 3.44. The quantitative estimate of drug-likeness (QED) is 0.703. The van der Waals surface area contributed by atoms with Gasteiger partial charge in [-0.1, -0.05) is 36.8 Å². The molecule has 1 aromatic heterocycles. The van der Waals surface area contributed by atoms with Gasteiger partial charge >= 0.3 is 5.97 Å². The number of H-pyrrole nitrogens is 1. The third-order valence-electron chi connectivity index (χ3n) is 3.93. The first-order valence-electron chi connectivity index (χ1n) is 7.99. The van der Waals surface area contributed by atoms with Crippen LogP contribution >= 0.6 is 0 Å². The Morgan fingerprint density at radius 1 is 1.12 bits per heavy atom. The van der Waals surface area contributed by atoms with Crippen molar-refractivity contribution in [3.05, 3.63) is 65.9 Å². The molecule has 3 aromatic rings. The maximum Gasteiger partial charge on any atom is 0.307 e. The summed E-state index contributed by atoms with van der Waals surface area (Å²) in [5.74, 6) is -0.570. The van der Waals surface area contributed by atoms with Crippen LogP contribution in [-0.2, 0) is 19.4 Å². The maximum atomic E-state index is 13.0. The van der Waals surface area contributed by atoms with Crippen molar-refractivity contribution in [3.8, 4) is 0 Å². The fourth-order valence-electron chi connectivity index (χ4n) is 2.63. The van der Waals surface area contributed by atoms with Crippen LogP contribution in [0, 0.1) is 6.92 Å². The molecule has 0 radical (unpaired) electrons. The highest BCUT2D eigenvalue weighted by atomic mass is 32.2. The standard InChI is InChI=1S/C19H19NO4S/c1-3-18(21)24-19(25(22,23)15-7-5-4-6-8-15)17-12-14-11-13(2)9-10-16(14)20-17/h4-12,19-20H,3H2,1-2H3. The lowest BCUT2D eigenvalue weighted by atomic mass is 10.2. The Morgan fingerprint density at radius 2 is 1.84 bits per heavy atom. The molecule has 2 aromatic carbocycles. The van der Waals surface area contributed by atoms with Gasteiger partial charge in [0.1, 0.15) is 0 Å². The van der Waals surface area contributed by atoms with E-state index in [1.807, 2.05) is 25.1 Å². The first-order valence-corrected chi connectivity index (χ1v) is 9.54. The Kier molecular flexibility index (Phi) is 4.63. The van der Waals surface area contributed by atoms with Crippen molar-refractivity contribution in [2.45, 2.75) is 30.6 Å². The molecule has 0 amide bonds. The van der Waals surface area contributed by atoms with E-state index in [9.17, 15) is 13.2 Å². The van der Waals surface area contributed by atoms with Crippen molar-refractivity contribution in [2.75, 3.05) is 0 Å². The Hall–Kier alpha value is -2.60. The first-order chi connectivity index (χ1) is 11.9. The molecule has 0 aliphatic carbocycles. The number of benzene rings is 2. The number of aromatic nitrogens is 1. The van der Waals surface area contributed by atoms with Gasteiger partial charge in [0.25, 0.3) is 0 Å². The predicted molar refractivity (Wildman–Crippen MR) is 95.8 cm³/mol. The van der Waals surface area contributed by atoms with Gasteiger partial charge in [-0.25, -0.2) is 8.42 Å². The summed E-state index contributed by atoms with van der Waals surface area (Å²) in [6.07, 6.45) is 0.0974. The van der Waals surface area contributed by atoms with Crippen molar-refractivity contribution in [1.29, 1.82) is 0 Å². The number of aromatic amines is 1. The molecule has 0 saturated carbocycles. The number of nitrogens with one attached hydrogen (secondary N) is 1. The number of fused-ring (bicyclic) bond motifs is 1. The van der Waals surface area contributed by atoms with Crippen molar-refractivity contribution >= 4 is 26.7 Å². The highest BCUT2D eigenvalue weighted by Gasteiger charge is 2.33. The monoisotopic (exact) mass is 357 g/mol. The van der Waals surface area contributed by atoms with Crippen molar-refractivity contribution < 1.29 is 17.9 Å². The summed E-state index contributed by atoms with van der Waals surface area (Å²) in [5, 5.41) is 0.871. The Morgan fingerprint density at radius 3 is 2.52 bits per heavy atom. The molecule has 0 saturated heterocycles. The molecule has 3 rings (SSSR count). The molecule has 1 unspecified atom stereocenters. The van der Waals surface area contributed by atoms with Gasteiger partial charge in [0.2, 0.25) is 15.3 Å². The number of carbonyl (C=O) groups excluding carboxylic acids is 1. The Balaban J connectivity index is 2.12. The second-order valence-corrected chi connectivity index (χ2v) is 7.84. The number of carbonyl (C=O) groups is 1. The van der Waals surface area contributed by atoms with E-state index in [2.05, 4.69) is 4.98 Å². The zero-order valence-electron chi connectivity index (χ0n) is 14.0. The van der Waals surface area contributed by atoms with Crippen molar-refractivity contribution in [2.24, 2.45) is 0 Å². The van der Waals surface area contributed by atoms with Gasteiger partial charge in [-0.05, 0) is 37.3 Å². The summed E-state index contributed by atoms with van der Waals surface area (Å²) in [4.78, 5) is 15.0. The van der Waals surface area contributed by atoms with E-state index in [0.717, 1.165) is 16.5 Å². The lowest BCUT2D eigenvalue weighted by Crippen LogP contribution is -2.20. The van der Waals surface area contributed by atoms with Gasteiger partial charge in [-0.3, -0.25) is 4.79 Å². The van der Waals surface area contributed by atoms with Crippen LogP contribution in [-0.4, -0.2) is 19.4 Å². The fourth-order valence-corrected chi connectivity index (χ4v) is 4.11. The molecular formula is C19H19NO4S. The highest BCUT2D eigenvalue weighted by Crippen LogP contribution is 2.32. The third-order valence-corrected chi connectivity index (χ3v) is 5.77. The van der Waals surface area contributed by atoms with E-state index in [1.54, 1.807) is 31.2 Å². The maximum absolute atomic E-state index is 13.0. The zero-order valence-corrected chi connectivity index (χ0v) is 14.8. The normalized spacial score (nSPS) is 12.9. The molecular weight excluding hydrogens is 338 g/mol. The number of aryl methyl sites for hydroxylation is 1. The van der Waals surface area contributed by atoms with Crippen molar-refractivity contribution in [3.63, 3.8) is 0 Å². The van der Waals surface area contributed by atoms with Crippen LogP contribution < -0.4 is 0 Å². The molecule has 0 bridgehead atoms. The topological polar surface area (TPSA) is 76.2 Å². The van der Waals surface area contributed by atoms with E-state index >= 15 is 0 Å². The summed E-state index contributed by atoms with van der Waals surface area (Å²) >= 11 is 0. The molecule has 0 aliphatic rings. The summed E-state index contributed by atoms with van der Waals surface area (Å²) in [7, 11) is -3.89. The summed E-state index contributed by atoms with van der Waals surface area (Å²) in [6.45, 7) is 3.59. The Bertz CT molecular complexity index is 1010. The van der Waals surface area contributed by atoms with Crippen molar-refractivity contribution in [1.82, 2.24) is 4.98 Å². The summed E-state index contributed by atoms with van der Waals surface area (Å²) < 4.78 is 31.4. The van der Waals surface area contributed by atoms with Gasteiger partial charge < -0.3 is 9.72 Å². The van der Waals surface area contributed by atoms with E-state index in [-0.39, 0.29) is 11.3 Å². The van der Waals surface area contributed by atoms with Crippen LogP contribution in [0.1, 0.15) is 30.0 Å². The SMILES string of the molecule is CCC(=O)OC(c1cc2cc(C)ccc2[nH]1)S(=O)(=O)c1ccccc1. The lowest BCUT2D eigenvalue weighted by molar-refractivity contribution is -0.145. The number of ether oxygens (including phenoxy) is 1. The molecule has 1 atom stereocenters. The van der Waals surface area contributed by atoms with Crippen LogP contribution in [0.3, 0.4) is 0 Å². The smallest absolute Gasteiger partial charge is 0.307 e. The zero-order chi connectivity index (χ0) is 18.0. The first kappa shape index (κ1) is 17.2. The minimum absolute atomic E-state index is 0.0974. The number of hydrogen-bond donors (Lipinski definition) is 1. The predicted octanol–water partition coefficient (Wildman–Crippen LogP) is 3.90. The van der Waals surface area contributed by atoms with Crippen LogP contribution in [0.2, 0.25) is 0 Å². The van der Waals surface area contributed by atoms with Crippen LogP contribution in [0.5, 0.6) is 0 Å². The molecule has 0 spiro atoms. The van der Waals surface area contributed by atoms with Gasteiger partial charge in [-0.2, -0.15) is 0 Å². The van der Waals surface area contributed by atoms with Crippen LogP contribution in [0.15, 0.2) is 59.5 Å². The molecule has 0 aliphatic heterocycles. The molecule has 25 heavy (non-hydrogen) atoms. The van der Waals surface area contributed by atoms with Gasteiger partial charge in [-0.15, -0.1) is 0 Å². The highest BCUT2D eigenvalue weighted by molar-refractivity contribution is 7.91. The lowest BCUT2D eigenvalue weighted by Gasteiger charge is -2.17. The van der Waals surface area contributed by atoms with Crippen LogP contribution in [0.4, 0.5) is 0 Å². The van der Waals surface area contributed by atoms with Crippen LogP contribution in [0.25, 0.3) is 10.9 Å². The number of esters is 1. The molecule has 1 N–H and O–H groups in total. The minimum Gasteiger partial charge on any atom is -0.439 e. The minimum atomic E-state index is -3.89. The molecule has 6 heteroatoms. The largest absolute Gasteiger partial charge is 0.439 e. The average molecular weight is 357 g/mol. The second kappa shape index (κ2) is 6.72. The number of rotatable bonds is 5. The number of sulfone groups is 1. The number of hydrogen-bond acceptors (Lipinski definition) is 4. The molecule has 130 valence electrons. The molecule has 5 nitrogen and oxygen atoms in total.